The molecule has 2 N–H and O–H groups in total. The van der Waals surface area contributed by atoms with Crippen molar-refractivity contribution >= 4 is 34.0 Å². The standard InChI is InChI=1S/C23H15ClN2O2S/c24-19-12-18-21(22(27)20(23(28)25-18)15-4-2-1-3-5-15)26(19)17-8-6-14(7-9-17)16-10-11-29-13-16/h1-13H,(H2,25,27,28). The number of hydrogen-bond acceptors (Lipinski definition) is 3. The Hall–Kier alpha value is -3.28. The van der Waals surface area contributed by atoms with Gasteiger partial charge in [-0.3, -0.25) is 9.36 Å². The number of fused-ring (bicyclic) bond motifs is 1. The lowest BCUT2D eigenvalue weighted by Crippen LogP contribution is -2.09. The molecule has 5 aromatic rings. The number of halogens is 1. The van der Waals surface area contributed by atoms with Crippen molar-refractivity contribution in [2.24, 2.45) is 0 Å². The SMILES string of the molecule is O=c1[nH]c2cc(Cl)n(-c3ccc(-c4ccsc4)cc3)c2c(O)c1-c1ccccc1. The van der Waals surface area contributed by atoms with Crippen LogP contribution in [0.2, 0.25) is 5.15 Å². The largest absolute Gasteiger partial charge is 0.505 e. The predicted octanol–water partition coefficient (Wildman–Crippen LogP) is 6.07. The lowest BCUT2D eigenvalue weighted by molar-refractivity contribution is 0.480. The van der Waals surface area contributed by atoms with Crippen LogP contribution in [-0.2, 0) is 0 Å². The zero-order chi connectivity index (χ0) is 20.0. The predicted molar refractivity (Wildman–Crippen MR) is 119 cm³/mol. The summed E-state index contributed by atoms with van der Waals surface area (Å²) in [6.45, 7) is 0. The molecule has 0 atom stereocenters. The first-order valence-corrected chi connectivity index (χ1v) is 10.3. The van der Waals surface area contributed by atoms with Crippen LogP contribution in [-0.4, -0.2) is 14.7 Å². The van der Waals surface area contributed by atoms with Crippen LogP contribution < -0.4 is 5.56 Å². The van der Waals surface area contributed by atoms with Crippen molar-refractivity contribution in [3.8, 4) is 33.7 Å². The summed E-state index contributed by atoms with van der Waals surface area (Å²) in [6, 6.07) is 20.8. The highest BCUT2D eigenvalue weighted by Gasteiger charge is 2.20. The second kappa shape index (κ2) is 6.95. The maximum atomic E-state index is 12.6. The third kappa shape index (κ3) is 2.95. The maximum Gasteiger partial charge on any atom is 0.260 e. The number of nitrogens with zero attached hydrogens (tertiary/aromatic N) is 1. The minimum Gasteiger partial charge on any atom is -0.505 e. The van der Waals surface area contributed by atoms with E-state index in [1.165, 1.54) is 0 Å². The van der Waals surface area contributed by atoms with E-state index in [2.05, 4.69) is 16.4 Å². The molecule has 2 aromatic carbocycles. The average Bonchev–Trinajstić information content (AvgIpc) is 3.37. The summed E-state index contributed by atoms with van der Waals surface area (Å²) in [6.07, 6.45) is 0. The topological polar surface area (TPSA) is 58.0 Å². The molecule has 3 heterocycles. The van der Waals surface area contributed by atoms with Gasteiger partial charge >= 0.3 is 0 Å². The van der Waals surface area contributed by atoms with E-state index >= 15 is 0 Å². The van der Waals surface area contributed by atoms with Gasteiger partial charge in [0.05, 0.1) is 11.1 Å². The molecule has 0 fully saturated rings. The molecule has 4 nitrogen and oxygen atoms in total. The van der Waals surface area contributed by atoms with Gasteiger partial charge in [0.25, 0.3) is 5.56 Å². The number of aromatic amines is 1. The smallest absolute Gasteiger partial charge is 0.260 e. The molecule has 6 heteroatoms. The lowest BCUT2D eigenvalue weighted by Gasteiger charge is -2.11. The van der Waals surface area contributed by atoms with Crippen LogP contribution in [0.4, 0.5) is 0 Å². The van der Waals surface area contributed by atoms with Gasteiger partial charge < -0.3 is 10.1 Å². The number of benzene rings is 2. The van der Waals surface area contributed by atoms with E-state index in [9.17, 15) is 9.90 Å². The third-order valence-electron chi connectivity index (χ3n) is 4.93. The number of aromatic hydroxyl groups is 1. The second-order valence-electron chi connectivity index (χ2n) is 6.67. The van der Waals surface area contributed by atoms with Crippen molar-refractivity contribution in [1.29, 1.82) is 0 Å². The Morgan fingerprint density at radius 2 is 1.69 bits per heavy atom. The molecule has 0 aliphatic heterocycles. The van der Waals surface area contributed by atoms with Crippen molar-refractivity contribution < 1.29 is 5.11 Å². The highest BCUT2D eigenvalue weighted by Crippen LogP contribution is 2.37. The second-order valence-corrected chi connectivity index (χ2v) is 7.83. The highest BCUT2D eigenvalue weighted by atomic mass is 35.5. The molecule has 0 bridgehead atoms. The van der Waals surface area contributed by atoms with Crippen LogP contribution >= 0.6 is 22.9 Å². The van der Waals surface area contributed by atoms with E-state index < -0.39 is 0 Å². The van der Waals surface area contributed by atoms with Gasteiger partial charge in [0.15, 0.2) is 5.75 Å². The number of pyridine rings is 1. The third-order valence-corrected chi connectivity index (χ3v) is 5.90. The molecule has 5 rings (SSSR count). The maximum absolute atomic E-state index is 12.6. The van der Waals surface area contributed by atoms with Gasteiger partial charge in [0.1, 0.15) is 10.7 Å². The van der Waals surface area contributed by atoms with E-state index in [-0.39, 0.29) is 16.9 Å². The number of thiophene rings is 1. The minimum atomic E-state index is -0.358. The fraction of sp³-hybridized carbons (Fsp3) is 0. The molecule has 0 amide bonds. The molecule has 0 aliphatic carbocycles. The molecule has 3 aromatic heterocycles. The van der Waals surface area contributed by atoms with Gasteiger partial charge in [0.2, 0.25) is 0 Å². The molecule has 0 saturated heterocycles. The van der Waals surface area contributed by atoms with Gasteiger partial charge in [0, 0.05) is 5.69 Å². The van der Waals surface area contributed by atoms with Crippen molar-refractivity contribution in [1.82, 2.24) is 9.55 Å². The van der Waals surface area contributed by atoms with Crippen molar-refractivity contribution in [2.45, 2.75) is 0 Å². The highest BCUT2D eigenvalue weighted by molar-refractivity contribution is 7.08. The molecule has 0 spiro atoms. The van der Waals surface area contributed by atoms with Gasteiger partial charge in [-0.2, -0.15) is 11.3 Å². The number of H-pyrrole nitrogens is 1. The summed E-state index contributed by atoms with van der Waals surface area (Å²) in [5, 5.41) is 15.6. The molecule has 0 saturated carbocycles. The van der Waals surface area contributed by atoms with Gasteiger partial charge in [-0.25, -0.2) is 0 Å². The van der Waals surface area contributed by atoms with Crippen LogP contribution in [0.3, 0.4) is 0 Å². The first kappa shape index (κ1) is 17.8. The van der Waals surface area contributed by atoms with E-state index in [1.807, 2.05) is 47.8 Å². The van der Waals surface area contributed by atoms with Crippen LogP contribution in [0.25, 0.3) is 39.0 Å². The van der Waals surface area contributed by atoms with Gasteiger partial charge in [-0.1, -0.05) is 54.1 Å². The van der Waals surface area contributed by atoms with Gasteiger partial charge in [-0.15, -0.1) is 0 Å². The molecule has 0 aliphatic rings. The Kier molecular flexibility index (Phi) is 4.27. The number of hydrogen-bond donors (Lipinski definition) is 2. The Labute approximate surface area is 175 Å². The lowest BCUT2D eigenvalue weighted by atomic mass is 10.1. The van der Waals surface area contributed by atoms with Crippen molar-refractivity contribution in [2.75, 3.05) is 0 Å². The molecular weight excluding hydrogens is 404 g/mol. The zero-order valence-corrected chi connectivity index (χ0v) is 16.7. The number of aromatic nitrogens is 2. The molecule has 0 radical (unpaired) electrons. The molecule has 0 unspecified atom stereocenters. The fourth-order valence-corrected chi connectivity index (χ4v) is 4.53. The van der Waals surface area contributed by atoms with Crippen LogP contribution in [0.5, 0.6) is 5.75 Å². The Balaban J connectivity index is 1.72. The number of nitrogens with one attached hydrogen (secondary N) is 1. The summed E-state index contributed by atoms with van der Waals surface area (Å²) < 4.78 is 1.74. The van der Waals surface area contributed by atoms with E-state index in [0.29, 0.717) is 21.7 Å². The summed E-state index contributed by atoms with van der Waals surface area (Å²) in [7, 11) is 0. The molecule has 142 valence electrons. The van der Waals surface area contributed by atoms with Gasteiger partial charge in [-0.05, 0) is 51.7 Å². The first-order chi connectivity index (χ1) is 14.1. The van der Waals surface area contributed by atoms with Crippen LogP contribution in [0.1, 0.15) is 0 Å². The Bertz CT molecular complexity index is 1370. The van der Waals surface area contributed by atoms with Crippen molar-refractivity contribution in [3.05, 3.63) is 93.0 Å². The normalized spacial score (nSPS) is 11.2. The van der Waals surface area contributed by atoms with E-state index in [4.69, 9.17) is 11.6 Å². The Morgan fingerprint density at radius 1 is 0.931 bits per heavy atom. The zero-order valence-electron chi connectivity index (χ0n) is 15.1. The first-order valence-electron chi connectivity index (χ1n) is 8.98. The molecular formula is C23H15ClN2O2S. The summed E-state index contributed by atoms with van der Waals surface area (Å²) >= 11 is 8.15. The summed E-state index contributed by atoms with van der Waals surface area (Å²) in [5.41, 5.74) is 4.52. The Morgan fingerprint density at radius 3 is 2.38 bits per heavy atom. The quantitative estimate of drug-likeness (QED) is 0.373. The van der Waals surface area contributed by atoms with E-state index in [1.54, 1.807) is 34.1 Å². The number of rotatable bonds is 3. The van der Waals surface area contributed by atoms with E-state index in [0.717, 1.165) is 16.8 Å². The van der Waals surface area contributed by atoms with Crippen LogP contribution in [0, 0.1) is 0 Å². The monoisotopic (exact) mass is 418 g/mol. The molecule has 29 heavy (non-hydrogen) atoms. The fourth-order valence-electron chi connectivity index (χ4n) is 3.58. The summed E-state index contributed by atoms with van der Waals surface area (Å²) in [4.78, 5) is 15.5. The van der Waals surface area contributed by atoms with Crippen LogP contribution in [0.15, 0.2) is 82.3 Å². The summed E-state index contributed by atoms with van der Waals surface area (Å²) in [5.74, 6) is -0.0937. The minimum absolute atomic E-state index is 0.0937. The van der Waals surface area contributed by atoms with Crippen molar-refractivity contribution in [3.63, 3.8) is 0 Å². The average molecular weight is 419 g/mol.